The number of piperazine rings is 1. The minimum atomic E-state index is -0.979. The number of hydrogen-bond donors (Lipinski definition) is 2. The number of nitrogens with zero attached hydrogens (tertiary/aromatic N) is 3. The molecule has 8 heteroatoms. The number of halogens is 1. The minimum Gasteiger partial charge on any atom is -0.385 e. The maximum Gasteiger partial charge on any atom is 0.275 e. The molecule has 7 nitrogen and oxygen atoms in total. The third-order valence-corrected chi connectivity index (χ3v) is 7.09. The first kappa shape index (κ1) is 26.7. The SMILES string of the molecule is COC[C@]1(O)CCCC[C@H]1n1cnc(C(=O)N2CCNC[C@H]2CC(C)C)c1-c1ccccc1.Cl. The van der Waals surface area contributed by atoms with E-state index < -0.39 is 5.60 Å². The van der Waals surface area contributed by atoms with Gasteiger partial charge in [-0.25, -0.2) is 4.98 Å². The molecule has 4 rings (SSSR count). The Kier molecular flexibility index (Phi) is 9.15. The molecule has 1 amide bonds. The van der Waals surface area contributed by atoms with Crippen LogP contribution in [0.4, 0.5) is 0 Å². The van der Waals surface area contributed by atoms with Crippen LogP contribution in [0.25, 0.3) is 11.3 Å². The highest BCUT2D eigenvalue weighted by atomic mass is 35.5. The van der Waals surface area contributed by atoms with Gasteiger partial charge < -0.3 is 24.6 Å². The number of rotatable bonds is 7. The van der Waals surface area contributed by atoms with Gasteiger partial charge in [-0.3, -0.25) is 4.79 Å². The Hall–Kier alpha value is -1.93. The molecule has 1 aliphatic carbocycles. The summed E-state index contributed by atoms with van der Waals surface area (Å²) in [5, 5.41) is 15.0. The van der Waals surface area contributed by atoms with Gasteiger partial charge in [-0.1, -0.05) is 57.0 Å². The van der Waals surface area contributed by atoms with E-state index in [0.29, 0.717) is 24.6 Å². The molecule has 0 bridgehead atoms. The molecule has 2 aromatic rings. The standard InChI is InChI=1S/C26H38N4O3.ClH/c1-19(2)15-21-16-27-13-14-29(21)25(31)23-24(20-9-5-4-6-10-20)30(18-28-23)22-11-7-8-12-26(22,32)17-33-3;/h4-6,9-10,18-19,21-22,27,32H,7-8,11-17H2,1-3H3;1H/t21-,22-,26-;/m1./s1. The zero-order chi connectivity index (χ0) is 23.4. The van der Waals surface area contributed by atoms with Gasteiger partial charge in [0.05, 0.1) is 24.7 Å². The predicted octanol–water partition coefficient (Wildman–Crippen LogP) is 3.92. The molecule has 0 unspecified atom stereocenters. The summed E-state index contributed by atoms with van der Waals surface area (Å²) in [5.74, 6) is 0.480. The molecule has 3 atom stereocenters. The Morgan fingerprint density at radius 3 is 2.76 bits per heavy atom. The van der Waals surface area contributed by atoms with Crippen LogP contribution in [0.5, 0.6) is 0 Å². The molecule has 2 heterocycles. The minimum absolute atomic E-state index is 0. The Morgan fingerprint density at radius 1 is 1.29 bits per heavy atom. The van der Waals surface area contributed by atoms with Crippen LogP contribution in [0.2, 0.25) is 0 Å². The summed E-state index contributed by atoms with van der Waals surface area (Å²) in [7, 11) is 1.63. The first-order valence-corrected chi connectivity index (χ1v) is 12.3. The Morgan fingerprint density at radius 2 is 2.06 bits per heavy atom. The lowest BCUT2D eigenvalue weighted by atomic mass is 9.80. The van der Waals surface area contributed by atoms with Crippen molar-refractivity contribution in [3.8, 4) is 11.3 Å². The monoisotopic (exact) mass is 490 g/mol. The number of amides is 1. The van der Waals surface area contributed by atoms with E-state index in [1.54, 1.807) is 13.4 Å². The summed E-state index contributed by atoms with van der Waals surface area (Å²) in [6.45, 7) is 6.93. The van der Waals surface area contributed by atoms with E-state index in [2.05, 4.69) is 24.1 Å². The number of methoxy groups -OCH3 is 1. The lowest BCUT2D eigenvalue weighted by Gasteiger charge is -2.41. The van der Waals surface area contributed by atoms with Crippen molar-refractivity contribution < 1.29 is 14.6 Å². The number of carbonyl (C=O) groups excluding carboxylic acids is 1. The van der Waals surface area contributed by atoms with E-state index in [0.717, 1.165) is 50.0 Å². The number of carbonyl (C=O) groups is 1. The molecule has 1 saturated heterocycles. The van der Waals surface area contributed by atoms with Gasteiger partial charge in [-0.2, -0.15) is 0 Å². The van der Waals surface area contributed by atoms with Crippen molar-refractivity contribution in [2.75, 3.05) is 33.4 Å². The molecular weight excluding hydrogens is 452 g/mol. The molecular formula is C26H39ClN4O3. The first-order chi connectivity index (χ1) is 15.9. The number of benzene rings is 1. The largest absolute Gasteiger partial charge is 0.385 e. The molecule has 1 aromatic heterocycles. The van der Waals surface area contributed by atoms with E-state index in [-0.39, 0.29) is 37.0 Å². The first-order valence-electron chi connectivity index (χ1n) is 12.3. The molecule has 1 aliphatic heterocycles. The molecule has 2 aliphatic rings. The van der Waals surface area contributed by atoms with E-state index in [1.165, 1.54) is 0 Å². The number of ether oxygens (including phenoxy) is 1. The third-order valence-electron chi connectivity index (χ3n) is 7.09. The van der Waals surface area contributed by atoms with Crippen LogP contribution < -0.4 is 5.32 Å². The highest BCUT2D eigenvalue weighted by Crippen LogP contribution is 2.41. The number of hydrogen-bond acceptors (Lipinski definition) is 5. The summed E-state index contributed by atoms with van der Waals surface area (Å²) >= 11 is 0. The van der Waals surface area contributed by atoms with Crippen LogP contribution in [0.15, 0.2) is 36.7 Å². The normalized spacial score (nSPS) is 25.3. The third kappa shape index (κ3) is 5.48. The molecule has 0 radical (unpaired) electrons. The Bertz CT molecular complexity index is 931. The summed E-state index contributed by atoms with van der Waals surface area (Å²) in [6.07, 6.45) is 6.21. The Balaban J connectivity index is 0.00000324. The molecule has 2 fully saturated rings. The van der Waals surface area contributed by atoms with Crippen LogP contribution in [-0.2, 0) is 4.74 Å². The van der Waals surface area contributed by atoms with Gasteiger partial charge in [0, 0.05) is 38.3 Å². The summed E-state index contributed by atoms with van der Waals surface area (Å²) in [6, 6.07) is 9.94. The zero-order valence-corrected chi connectivity index (χ0v) is 21.4. The number of nitrogens with one attached hydrogen (secondary N) is 1. The van der Waals surface area contributed by atoms with Gasteiger partial charge in [0.2, 0.25) is 0 Å². The van der Waals surface area contributed by atoms with Crippen molar-refractivity contribution in [2.45, 2.75) is 63.6 Å². The van der Waals surface area contributed by atoms with Gasteiger partial charge in [0.25, 0.3) is 5.91 Å². The van der Waals surface area contributed by atoms with E-state index >= 15 is 0 Å². The topological polar surface area (TPSA) is 79.6 Å². The lowest BCUT2D eigenvalue weighted by molar-refractivity contribution is -0.0893. The van der Waals surface area contributed by atoms with E-state index in [1.807, 2.05) is 39.8 Å². The van der Waals surface area contributed by atoms with Crippen molar-refractivity contribution in [3.05, 3.63) is 42.4 Å². The second-order valence-corrected chi connectivity index (χ2v) is 10.00. The maximum absolute atomic E-state index is 13.9. The van der Waals surface area contributed by atoms with Gasteiger partial charge in [0.15, 0.2) is 5.69 Å². The predicted molar refractivity (Wildman–Crippen MR) is 136 cm³/mol. The van der Waals surface area contributed by atoms with Gasteiger partial charge in [-0.05, 0) is 25.2 Å². The van der Waals surface area contributed by atoms with Gasteiger partial charge in [-0.15, -0.1) is 12.4 Å². The average Bonchev–Trinajstić information content (AvgIpc) is 3.24. The fourth-order valence-electron chi connectivity index (χ4n) is 5.58. The number of imidazole rings is 1. The zero-order valence-electron chi connectivity index (χ0n) is 20.6. The summed E-state index contributed by atoms with van der Waals surface area (Å²) in [5.41, 5.74) is 1.23. The van der Waals surface area contributed by atoms with Crippen LogP contribution >= 0.6 is 12.4 Å². The van der Waals surface area contributed by atoms with Crippen molar-refractivity contribution >= 4 is 18.3 Å². The molecule has 1 aromatic carbocycles. The summed E-state index contributed by atoms with van der Waals surface area (Å²) < 4.78 is 7.46. The van der Waals surface area contributed by atoms with Gasteiger partial charge >= 0.3 is 0 Å². The second kappa shape index (κ2) is 11.7. The number of aromatic nitrogens is 2. The second-order valence-electron chi connectivity index (χ2n) is 10.00. The number of aliphatic hydroxyl groups is 1. The van der Waals surface area contributed by atoms with Crippen LogP contribution in [0.1, 0.15) is 62.5 Å². The van der Waals surface area contributed by atoms with E-state index in [4.69, 9.17) is 4.74 Å². The smallest absolute Gasteiger partial charge is 0.275 e. The van der Waals surface area contributed by atoms with Crippen LogP contribution in [-0.4, -0.2) is 70.5 Å². The maximum atomic E-state index is 13.9. The van der Waals surface area contributed by atoms with Crippen molar-refractivity contribution in [1.29, 1.82) is 0 Å². The molecule has 1 saturated carbocycles. The van der Waals surface area contributed by atoms with Gasteiger partial charge in [0.1, 0.15) is 5.60 Å². The average molecular weight is 491 g/mol. The molecule has 188 valence electrons. The molecule has 2 N–H and O–H groups in total. The lowest BCUT2D eigenvalue weighted by Crippen LogP contribution is -2.54. The Labute approximate surface area is 209 Å². The molecule has 34 heavy (non-hydrogen) atoms. The van der Waals surface area contributed by atoms with E-state index in [9.17, 15) is 9.90 Å². The molecule has 0 spiro atoms. The van der Waals surface area contributed by atoms with Crippen LogP contribution in [0, 0.1) is 5.92 Å². The summed E-state index contributed by atoms with van der Waals surface area (Å²) in [4.78, 5) is 20.6. The fourth-order valence-corrected chi connectivity index (χ4v) is 5.58. The van der Waals surface area contributed by atoms with Crippen molar-refractivity contribution in [2.24, 2.45) is 5.92 Å². The van der Waals surface area contributed by atoms with Crippen molar-refractivity contribution in [3.63, 3.8) is 0 Å². The quantitative estimate of drug-likeness (QED) is 0.614. The van der Waals surface area contributed by atoms with Crippen molar-refractivity contribution in [1.82, 2.24) is 19.8 Å². The highest BCUT2D eigenvalue weighted by molar-refractivity contribution is 5.98. The highest BCUT2D eigenvalue weighted by Gasteiger charge is 2.42. The van der Waals surface area contributed by atoms with Crippen LogP contribution in [0.3, 0.4) is 0 Å². The fraction of sp³-hybridized carbons (Fsp3) is 0.615.